The third-order valence-electron chi connectivity index (χ3n) is 3.09. The van der Waals surface area contributed by atoms with Gasteiger partial charge in [0.25, 0.3) is 5.91 Å². The van der Waals surface area contributed by atoms with Gasteiger partial charge in [0.2, 0.25) is 0 Å². The van der Waals surface area contributed by atoms with E-state index in [4.69, 9.17) is 0 Å². The number of aryl methyl sites for hydroxylation is 1. The van der Waals surface area contributed by atoms with E-state index in [1.165, 1.54) is 11.3 Å². The van der Waals surface area contributed by atoms with Crippen molar-refractivity contribution in [2.75, 3.05) is 0 Å². The van der Waals surface area contributed by atoms with Gasteiger partial charge < -0.3 is 4.90 Å². The lowest BCUT2D eigenvalue weighted by molar-refractivity contribution is 0.0689. The Balaban J connectivity index is 2.26. The number of H-pyrrole nitrogens is 1. The van der Waals surface area contributed by atoms with Gasteiger partial charge >= 0.3 is 0 Å². The largest absolute Gasteiger partial charge is 0.328 e. The standard InChI is InChI=1S/C13H20N6OS/c1-7(2)12-14-9(5)11(21-12)13(20)19(8(3)4)6-10-15-17-18-16-10/h7-8H,6H2,1-5H3,(H,15,16,17,18). The van der Waals surface area contributed by atoms with E-state index >= 15 is 0 Å². The molecular formula is C13H20N6OS. The van der Waals surface area contributed by atoms with Crippen LogP contribution in [0, 0.1) is 6.92 Å². The summed E-state index contributed by atoms with van der Waals surface area (Å²) in [6, 6.07) is 0.0417. The Morgan fingerprint density at radius 2 is 2.05 bits per heavy atom. The Labute approximate surface area is 127 Å². The second-order valence-corrected chi connectivity index (χ2v) is 6.51. The van der Waals surface area contributed by atoms with Gasteiger partial charge in [-0.3, -0.25) is 4.79 Å². The molecule has 2 aromatic rings. The molecule has 1 N–H and O–H groups in total. The summed E-state index contributed by atoms with van der Waals surface area (Å²) < 4.78 is 0. The molecule has 114 valence electrons. The number of aromatic amines is 1. The van der Waals surface area contributed by atoms with Crippen LogP contribution in [0.2, 0.25) is 0 Å². The van der Waals surface area contributed by atoms with Gasteiger partial charge in [0.15, 0.2) is 5.82 Å². The molecule has 0 aliphatic rings. The molecular weight excluding hydrogens is 288 g/mol. The summed E-state index contributed by atoms with van der Waals surface area (Å²) in [7, 11) is 0. The summed E-state index contributed by atoms with van der Waals surface area (Å²) in [6.07, 6.45) is 0. The van der Waals surface area contributed by atoms with Crippen molar-refractivity contribution in [1.82, 2.24) is 30.5 Å². The van der Waals surface area contributed by atoms with Crippen LogP contribution in [0.4, 0.5) is 0 Å². The zero-order valence-corrected chi connectivity index (χ0v) is 13.7. The topological polar surface area (TPSA) is 87.7 Å². The normalized spacial score (nSPS) is 11.4. The third-order valence-corrected chi connectivity index (χ3v) is 4.53. The molecule has 0 unspecified atom stereocenters. The molecule has 2 aromatic heterocycles. The summed E-state index contributed by atoms with van der Waals surface area (Å²) in [4.78, 5) is 19.7. The van der Waals surface area contributed by atoms with Crippen LogP contribution in [0.25, 0.3) is 0 Å². The fourth-order valence-corrected chi connectivity index (χ4v) is 2.91. The predicted molar refractivity (Wildman–Crippen MR) is 80.1 cm³/mol. The Morgan fingerprint density at radius 3 is 2.52 bits per heavy atom. The average molecular weight is 308 g/mol. The highest BCUT2D eigenvalue weighted by Crippen LogP contribution is 2.26. The lowest BCUT2D eigenvalue weighted by atomic mass is 10.2. The van der Waals surface area contributed by atoms with Gasteiger partial charge in [0.1, 0.15) is 4.88 Å². The van der Waals surface area contributed by atoms with Crippen molar-refractivity contribution in [2.24, 2.45) is 0 Å². The molecule has 0 fully saturated rings. The van der Waals surface area contributed by atoms with Gasteiger partial charge in [-0.05, 0) is 20.8 Å². The zero-order valence-electron chi connectivity index (χ0n) is 12.9. The number of rotatable bonds is 5. The first-order chi connectivity index (χ1) is 9.90. The van der Waals surface area contributed by atoms with Crippen molar-refractivity contribution in [2.45, 2.75) is 53.1 Å². The second kappa shape index (κ2) is 6.30. The molecule has 0 aliphatic carbocycles. The van der Waals surface area contributed by atoms with Gasteiger partial charge in [-0.2, -0.15) is 5.21 Å². The van der Waals surface area contributed by atoms with Crippen LogP contribution in [-0.4, -0.2) is 42.5 Å². The maximum Gasteiger partial charge on any atom is 0.266 e. The van der Waals surface area contributed by atoms with Crippen LogP contribution in [0.3, 0.4) is 0 Å². The number of carbonyl (C=O) groups is 1. The van der Waals surface area contributed by atoms with Crippen molar-refractivity contribution in [3.05, 3.63) is 21.4 Å². The lowest BCUT2D eigenvalue weighted by Crippen LogP contribution is -2.36. The van der Waals surface area contributed by atoms with E-state index in [9.17, 15) is 4.79 Å². The van der Waals surface area contributed by atoms with Gasteiger partial charge in [0, 0.05) is 12.0 Å². The molecule has 0 bridgehead atoms. The maximum absolute atomic E-state index is 12.8. The smallest absolute Gasteiger partial charge is 0.266 e. The average Bonchev–Trinajstić information content (AvgIpc) is 3.04. The molecule has 0 radical (unpaired) electrons. The first kappa shape index (κ1) is 15.6. The zero-order chi connectivity index (χ0) is 15.6. The van der Waals surface area contributed by atoms with Crippen molar-refractivity contribution in [1.29, 1.82) is 0 Å². The molecule has 21 heavy (non-hydrogen) atoms. The Bertz CT molecular complexity index is 604. The van der Waals surface area contributed by atoms with Crippen molar-refractivity contribution >= 4 is 17.2 Å². The number of nitrogens with zero attached hydrogens (tertiary/aromatic N) is 5. The van der Waals surface area contributed by atoms with Crippen LogP contribution in [0.15, 0.2) is 0 Å². The second-order valence-electron chi connectivity index (χ2n) is 5.48. The van der Waals surface area contributed by atoms with Crippen LogP contribution in [0.1, 0.15) is 59.8 Å². The van der Waals surface area contributed by atoms with E-state index in [0.717, 1.165) is 10.7 Å². The molecule has 0 aromatic carbocycles. The SMILES string of the molecule is Cc1nc(C(C)C)sc1C(=O)N(Cc1nn[nH]n1)C(C)C. The predicted octanol–water partition coefficient (Wildman–Crippen LogP) is 2.14. The maximum atomic E-state index is 12.8. The monoisotopic (exact) mass is 308 g/mol. The highest BCUT2D eigenvalue weighted by molar-refractivity contribution is 7.13. The first-order valence-corrected chi connectivity index (χ1v) is 7.72. The molecule has 0 atom stereocenters. The van der Waals surface area contributed by atoms with E-state index in [-0.39, 0.29) is 11.9 Å². The number of hydrogen-bond donors (Lipinski definition) is 1. The quantitative estimate of drug-likeness (QED) is 0.914. The van der Waals surface area contributed by atoms with Crippen LogP contribution in [-0.2, 0) is 6.54 Å². The van der Waals surface area contributed by atoms with Gasteiger partial charge in [0.05, 0.1) is 17.2 Å². The lowest BCUT2D eigenvalue weighted by Gasteiger charge is -2.24. The van der Waals surface area contributed by atoms with E-state index in [2.05, 4.69) is 39.5 Å². The fraction of sp³-hybridized carbons (Fsp3) is 0.615. The van der Waals surface area contributed by atoms with E-state index in [0.29, 0.717) is 23.2 Å². The summed E-state index contributed by atoms with van der Waals surface area (Å²) in [6.45, 7) is 10.3. The van der Waals surface area contributed by atoms with E-state index in [1.54, 1.807) is 4.90 Å². The van der Waals surface area contributed by atoms with Gasteiger partial charge in [-0.1, -0.05) is 19.1 Å². The Morgan fingerprint density at radius 1 is 1.33 bits per heavy atom. The van der Waals surface area contributed by atoms with Crippen molar-refractivity contribution < 1.29 is 4.79 Å². The minimum absolute atomic E-state index is 0.0308. The van der Waals surface area contributed by atoms with Gasteiger partial charge in [-0.15, -0.1) is 21.5 Å². The van der Waals surface area contributed by atoms with E-state index in [1.807, 2.05) is 20.8 Å². The molecule has 0 saturated carbocycles. The number of carbonyl (C=O) groups excluding carboxylic acids is 1. The molecule has 8 heteroatoms. The van der Waals surface area contributed by atoms with Crippen molar-refractivity contribution in [3.63, 3.8) is 0 Å². The molecule has 0 spiro atoms. The highest BCUT2D eigenvalue weighted by Gasteiger charge is 2.25. The minimum atomic E-state index is -0.0308. The molecule has 1 amide bonds. The van der Waals surface area contributed by atoms with Crippen molar-refractivity contribution in [3.8, 4) is 0 Å². The summed E-state index contributed by atoms with van der Waals surface area (Å²) in [5.74, 6) is 0.792. The summed E-state index contributed by atoms with van der Waals surface area (Å²) in [5.41, 5.74) is 0.785. The minimum Gasteiger partial charge on any atom is -0.328 e. The third kappa shape index (κ3) is 3.44. The molecule has 0 aliphatic heterocycles. The van der Waals surface area contributed by atoms with Crippen LogP contribution < -0.4 is 0 Å². The summed E-state index contributed by atoms with van der Waals surface area (Å²) in [5, 5.41) is 14.8. The molecule has 2 heterocycles. The number of tetrazole rings is 1. The number of hydrogen-bond acceptors (Lipinski definition) is 6. The van der Waals surface area contributed by atoms with Gasteiger partial charge in [-0.25, -0.2) is 4.98 Å². The number of nitrogens with one attached hydrogen (secondary N) is 1. The summed E-state index contributed by atoms with van der Waals surface area (Å²) >= 11 is 1.47. The highest BCUT2D eigenvalue weighted by atomic mass is 32.1. The van der Waals surface area contributed by atoms with E-state index < -0.39 is 0 Å². The molecule has 7 nitrogen and oxygen atoms in total. The first-order valence-electron chi connectivity index (χ1n) is 6.90. The van der Waals surface area contributed by atoms with Crippen LogP contribution >= 0.6 is 11.3 Å². The molecule has 2 rings (SSSR count). The fourth-order valence-electron chi connectivity index (χ4n) is 1.88. The number of thiazole rings is 1. The Kier molecular flexibility index (Phi) is 4.66. The number of amides is 1. The Hall–Kier alpha value is -1.83. The molecule has 0 saturated heterocycles. The number of aromatic nitrogens is 5. The van der Waals surface area contributed by atoms with Crippen LogP contribution in [0.5, 0.6) is 0 Å².